The number of carbonyl (C=O) groups excluding carboxylic acids is 1. The quantitative estimate of drug-likeness (QED) is 0.666. The molecule has 1 saturated heterocycles. The van der Waals surface area contributed by atoms with Gasteiger partial charge in [0.2, 0.25) is 0 Å². The van der Waals surface area contributed by atoms with Gasteiger partial charge < -0.3 is 10.5 Å². The molecule has 8 heteroatoms. The number of nitrogens with zero attached hydrogens (tertiary/aromatic N) is 4. The minimum absolute atomic E-state index is 0.104. The van der Waals surface area contributed by atoms with Gasteiger partial charge in [-0.15, -0.1) is 0 Å². The largest absolute Gasteiger partial charge is 0.399 e. The van der Waals surface area contributed by atoms with Crippen molar-refractivity contribution in [3.63, 3.8) is 0 Å². The third-order valence-corrected chi connectivity index (χ3v) is 4.65. The Labute approximate surface area is 158 Å². The molecule has 0 unspecified atom stereocenters. The molecule has 1 fully saturated rings. The first kappa shape index (κ1) is 16.7. The number of carbonyl (C=O) groups is 1. The van der Waals surface area contributed by atoms with Gasteiger partial charge in [-0.2, -0.15) is 5.10 Å². The van der Waals surface area contributed by atoms with Crippen LogP contribution >= 0.6 is 15.9 Å². The van der Waals surface area contributed by atoms with Crippen LogP contribution < -0.4 is 10.6 Å². The topological polar surface area (TPSA) is 86.3 Å². The summed E-state index contributed by atoms with van der Waals surface area (Å²) >= 11 is 3.43. The van der Waals surface area contributed by atoms with Crippen LogP contribution in [0.4, 0.5) is 11.4 Å². The van der Waals surface area contributed by atoms with Gasteiger partial charge in [0.25, 0.3) is 5.91 Å². The van der Waals surface area contributed by atoms with Crippen molar-refractivity contribution >= 4 is 33.2 Å². The Morgan fingerprint density at radius 3 is 2.73 bits per heavy atom. The molecule has 26 heavy (non-hydrogen) atoms. The molecule has 0 radical (unpaired) electrons. The molecule has 0 saturated carbocycles. The number of anilines is 2. The van der Waals surface area contributed by atoms with Crippen molar-refractivity contribution in [3.05, 3.63) is 65.0 Å². The van der Waals surface area contributed by atoms with Crippen molar-refractivity contribution in [2.45, 2.75) is 19.3 Å². The number of hydrogen-bond donors (Lipinski definition) is 1. The number of aromatic nitrogens is 3. The smallest absolute Gasteiger partial charge is 0.258 e. The number of pyridine rings is 1. The first-order chi connectivity index (χ1) is 12.5. The summed E-state index contributed by atoms with van der Waals surface area (Å²) in [6.45, 7) is 1.74. The first-order valence-electron chi connectivity index (χ1n) is 8.03. The van der Waals surface area contributed by atoms with Crippen LogP contribution in [0.2, 0.25) is 0 Å². The third-order valence-electron chi connectivity index (χ3n) is 4.15. The van der Waals surface area contributed by atoms with E-state index in [1.807, 2.05) is 30.5 Å². The average molecular weight is 414 g/mol. The Bertz CT molecular complexity index is 956. The Hall–Kier alpha value is -2.71. The summed E-state index contributed by atoms with van der Waals surface area (Å²) in [4.78, 5) is 18.5. The summed E-state index contributed by atoms with van der Waals surface area (Å²) in [7, 11) is 0. The van der Waals surface area contributed by atoms with Crippen molar-refractivity contribution in [3.8, 4) is 5.82 Å². The Morgan fingerprint density at radius 2 is 2.00 bits per heavy atom. The molecule has 0 aliphatic carbocycles. The van der Waals surface area contributed by atoms with Crippen LogP contribution in [-0.2, 0) is 9.53 Å². The van der Waals surface area contributed by atoms with Gasteiger partial charge in [-0.25, -0.2) is 9.67 Å². The highest BCUT2D eigenvalue weighted by Gasteiger charge is 2.40. The SMILES string of the molecule is C[C@H]1O[C@@H](c2cnn(-c3cc(Br)ccn3)c2)N(c2ccc(N)cc2)C1=O. The Balaban J connectivity index is 1.69. The molecule has 4 rings (SSSR count). The zero-order chi connectivity index (χ0) is 18.3. The molecule has 7 nitrogen and oxygen atoms in total. The Kier molecular flexibility index (Phi) is 4.21. The van der Waals surface area contributed by atoms with E-state index in [4.69, 9.17) is 10.5 Å². The van der Waals surface area contributed by atoms with Crippen LogP contribution in [0.25, 0.3) is 5.82 Å². The lowest BCUT2D eigenvalue weighted by Crippen LogP contribution is -2.29. The molecule has 3 aromatic rings. The zero-order valence-corrected chi connectivity index (χ0v) is 15.5. The highest BCUT2D eigenvalue weighted by atomic mass is 79.9. The van der Waals surface area contributed by atoms with E-state index >= 15 is 0 Å². The van der Waals surface area contributed by atoms with Gasteiger partial charge in [0.1, 0.15) is 6.10 Å². The summed E-state index contributed by atoms with van der Waals surface area (Å²) in [5.74, 6) is 0.565. The van der Waals surface area contributed by atoms with E-state index in [0.717, 1.165) is 15.7 Å². The fourth-order valence-electron chi connectivity index (χ4n) is 2.86. The molecule has 0 spiro atoms. The van der Waals surface area contributed by atoms with Gasteiger partial charge >= 0.3 is 0 Å². The van der Waals surface area contributed by atoms with Crippen molar-refractivity contribution < 1.29 is 9.53 Å². The standard InChI is InChI=1S/C18H16BrN5O2/c1-11-17(25)24(15-4-2-14(20)3-5-15)18(26-11)12-9-22-23(10-12)16-8-13(19)6-7-21-16/h2-11,18H,20H2,1H3/t11-,18+/m1/s1. The molecule has 2 aromatic heterocycles. The predicted molar refractivity (Wildman–Crippen MR) is 101 cm³/mol. The van der Waals surface area contributed by atoms with Crippen LogP contribution in [0.15, 0.2) is 59.5 Å². The maximum atomic E-state index is 12.6. The lowest BCUT2D eigenvalue weighted by molar-refractivity contribution is -0.121. The van der Waals surface area contributed by atoms with E-state index in [1.54, 1.807) is 41.0 Å². The highest BCUT2D eigenvalue weighted by molar-refractivity contribution is 9.10. The molecular formula is C18H16BrN5O2. The number of nitrogen functional groups attached to an aromatic ring is 1. The molecule has 2 N–H and O–H groups in total. The maximum absolute atomic E-state index is 12.6. The second kappa shape index (κ2) is 6.54. The molecule has 1 amide bonds. The summed E-state index contributed by atoms with van der Waals surface area (Å²) in [6, 6.07) is 10.8. The molecule has 2 atom stereocenters. The van der Waals surface area contributed by atoms with E-state index in [-0.39, 0.29) is 5.91 Å². The molecule has 1 aliphatic rings. The van der Waals surface area contributed by atoms with Gasteiger partial charge in [-0.05, 0) is 43.3 Å². The summed E-state index contributed by atoms with van der Waals surface area (Å²) in [5.41, 5.74) is 7.89. The normalized spacial score (nSPS) is 19.9. The average Bonchev–Trinajstić information content (AvgIpc) is 3.22. The highest BCUT2D eigenvalue weighted by Crippen LogP contribution is 2.36. The second-order valence-electron chi connectivity index (χ2n) is 5.98. The number of amides is 1. The summed E-state index contributed by atoms with van der Waals surface area (Å²) < 4.78 is 8.45. The van der Waals surface area contributed by atoms with Gasteiger partial charge in [0.15, 0.2) is 12.0 Å². The van der Waals surface area contributed by atoms with E-state index in [9.17, 15) is 4.79 Å². The third kappa shape index (κ3) is 2.97. The summed E-state index contributed by atoms with van der Waals surface area (Å²) in [6.07, 6.45) is 4.10. The van der Waals surface area contributed by atoms with Gasteiger partial charge in [0.05, 0.1) is 6.20 Å². The van der Waals surface area contributed by atoms with Crippen LogP contribution in [0, 0.1) is 0 Å². The van der Waals surface area contributed by atoms with Crippen LogP contribution in [0.5, 0.6) is 0 Å². The number of ether oxygens (including phenoxy) is 1. The maximum Gasteiger partial charge on any atom is 0.258 e. The van der Waals surface area contributed by atoms with Crippen LogP contribution in [0.3, 0.4) is 0 Å². The van der Waals surface area contributed by atoms with Gasteiger partial charge in [-0.3, -0.25) is 9.69 Å². The molecule has 3 heterocycles. The minimum atomic E-state index is -0.554. The van der Waals surface area contributed by atoms with Crippen molar-refractivity contribution in [1.82, 2.24) is 14.8 Å². The van der Waals surface area contributed by atoms with Gasteiger partial charge in [-0.1, -0.05) is 15.9 Å². The Morgan fingerprint density at radius 1 is 1.23 bits per heavy atom. The van der Waals surface area contributed by atoms with Crippen molar-refractivity contribution in [2.24, 2.45) is 0 Å². The second-order valence-corrected chi connectivity index (χ2v) is 6.90. The van der Waals surface area contributed by atoms with Crippen molar-refractivity contribution in [1.29, 1.82) is 0 Å². The van der Waals surface area contributed by atoms with Gasteiger partial charge in [0, 0.05) is 33.8 Å². The first-order valence-corrected chi connectivity index (χ1v) is 8.83. The summed E-state index contributed by atoms with van der Waals surface area (Å²) in [5, 5.41) is 4.36. The number of nitrogens with two attached hydrogens (primary N) is 1. The zero-order valence-electron chi connectivity index (χ0n) is 13.9. The number of halogens is 1. The van der Waals surface area contributed by atoms with Crippen LogP contribution in [0.1, 0.15) is 18.7 Å². The lowest BCUT2D eigenvalue weighted by atomic mass is 10.2. The molecular weight excluding hydrogens is 398 g/mol. The van der Waals surface area contributed by atoms with E-state index in [1.165, 1.54) is 0 Å². The molecule has 1 aromatic carbocycles. The number of benzene rings is 1. The number of hydrogen-bond acceptors (Lipinski definition) is 5. The molecule has 1 aliphatic heterocycles. The fourth-order valence-corrected chi connectivity index (χ4v) is 3.18. The lowest BCUT2D eigenvalue weighted by Gasteiger charge is -2.22. The fraction of sp³-hybridized carbons (Fsp3) is 0.167. The van der Waals surface area contributed by atoms with E-state index < -0.39 is 12.3 Å². The van der Waals surface area contributed by atoms with E-state index in [2.05, 4.69) is 26.0 Å². The predicted octanol–water partition coefficient (Wildman–Crippen LogP) is 3.06. The number of rotatable bonds is 3. The van der Waals surface area contributed by atoms with E-state index in [0.29, 0.717) is 11.5 Å². The monoisotopic (exact) mass is 413 g/mol. The minimum Gasteiger partial charge on any atom is -0.399 e. The molecule has 0 bridgehead atoms. The van der Waals surface area contributed by atoms with Crippen molar-refractivity contribution in [2.75, 3.05) is 10.6 Å². The van der Waals surface area contributed by atoms with Crippen LogP contribution in [-0.4, -0.2) is 26.8 Å². The molecule has 132 valence electrons.